The van der Waals surface area contributed by atoms with Crippen LogP contribution in [0.15, 0.2) is 131 Å². The van der Waals surface area contributed by atoms with Crippen molar-refractivity contribution in [2.24, 2.45) is 30.7 Å². The van der Waals surface area contributed by atoms with Crippen molar-refractivity contribution in [1.29, 1.82) is 0 Å². The molecule has 5 rings (SSSR count). The molecule has 5 aromatic carbocycles. The monoisotopic (exact) mass is 723 g/mol. The third-order valence-corrected chi connectivity index (χ3v) is 7.84. The zero-order chi connectivity index (χ0) is 32.4. The van der Waals surface area contributed by atoms with Gasteiger partial charge < -0.3 is 15.9 Å². The van der Waals surface area contributed by atoms with E-state index in [4.69, 9.17) is 5.73 Å². The van der Waals surface area contributed by atoms with Crippen LogP contribution in [0.2, 0.25) is 0 Å². The molecule has 0 spiro atoms. The molecule has 0 unspecified atom stereocenters. The molecular weight excluding hydrogens is 705 g/mol. The molecule has 4 N–H and O–H groups in total. The Bertz CT molecular complexity index is 2240. The Balaban J connectivity index is 0.00000300. The molecule has 0 saturated carbocycles. The maximum Gasteiger partial charge on any atom is 1.00 e. The van der Waals surface area contributed by atoms with Gasteiger partial charge >= 0.3 is 103 Å². The third-order valence-electron chi connectivity index (χ3n) is 6.11. The van der Waals surface area contributed by atoms with Crippen LogP contribution >= 0.6 is 0 Å². The molecule has 0 aliphatic heterocycles. The van der Waals surface area contributed by atoms with Crippen molar-refractivity contribution in [3.05, 3.63) is 91.0 Å². The van der Waals surface area contributed by atoms with Crippen LogP contribution in [0.25, 0.3) is 10.8 Å². The Hall–Kier alpha value is -2.35. The molecule has 15 nitrogen and oxygen atoms in total. The first-order valence-electron chi connectivity index (χ1n) is 12.5. The van der Waals surface area contributed by atoms with Gasteiger partial charge in [-0.15, -0.1) is 16.0 Å². The van der Waals surface area contributed by atoms with E-state index >= 15 is 0 Å². The van der Waals surface area contributed by atoms with Gasteiger partial charge in [0.1, 0.15) is 15.5 Å². The second-order valence-corrected chi connectivity index (χ2v) is 12.0. The number of hydrogen-bond donors (Lipinski definition) is 3. The summed E-state index contributed by atoms with van der Waals surface area (Å²) in [6, 6.07) is 21.2. The molecule has 0 aliphatic carbocycles. The number of rotatable bonds is 8. The van der Waals surface area contributed by atoms with Crippen molar-refractivity contribution in [1.82, 2.24) is 0 Å². The van der Waals surface area contributed by atoms with Crippen LogP contribution in [0.4, 0.5) is 39.8 Å². The Morgan fingerprint density at radius 1 is 0.553 bits per heavy atom. The quantitative estimate of drug-likeness (QED) is 0.0861. The van der Waals surface area contributed by atoms with Gasteiger partial charge in [0, 0.05) is 5.39 Å². The number of fused-ring (bicyclic) bond motifs is 1. The predicted octanol–water partition coefficient (Wildman–Crippen LogP) is 0.317. The minimum atomic E-state index is -5.07. The molecule has 0 fully saturated rings. The fourth-order valence-electron chi connectivity index (χ4n) is 4.01. The molecule has 47 heavy (non-hydrogen) atoms. The topological polar surface area (TPSA) is 255 Å². The summed E-state index contributed by atoms with van der Waals surface area (Å²) in [5.74, 6) is -1.29. The van der Waals surface area contributed by atoms with Crippen LogP contribution in [-0.2, 0) is 20.2 Å². The zero-order valence-corrected chi connectivity index (χ0v) is 32.5. The van der Waals surface area contributed by atoms with E-state index in [1.54, 1.807) is 18.2 Å². The van der Waals surface area contributed by atoms with Crippen molar-refractivity contribution in [3.63, 3.8) is 0 Å². The SMILES string of the molecule is Nc1c(N=Nc2ccc(N=Nc3ccc([O-])cc3)cc2)c(S(=O)(=O)O)cc2cc(S(=O)(=O)O)c(N=Nc3ccccc3)c([O-])c12.[K+].[K+]. The molecule has 0 aliphatic rings. The van der Waals surface area contributed by atoms with E-state index in [0.717, 1.165) is 12.1 Å². The van der Waals surface area contributed by atoms with E-state index < -0.39 is 58.2 Å². The summed E-state index contributed by atoms with van der Waals surface area (Å²) < 4.78 is 68.6. The third kappa shape index (κ3) is 9.64. The Morgan fingerprint density at radius 3 is 1.40 bits per heavy atom. The Morgan fingerprint density at radius 2 is 0.936 bits per heavy atom. The maximum absolute atomic E-state index is 13.5. The van der Waals surface area contributed by atoms with E-state index in [1.807, 2.05) is 0 Å². The van der Waals surface area contributed by atoms with E-state index in [1.165, 1.54) is 60.7 Å². The Kier molecular flexibility index (Phi) is 13.6. The molecule has 0 saturated heterocycles. The van der Waals surface area contributed by atoms with Crippen molar-refractivity contribution in [2.45, 2.75) is 9.79 Å². The number of nitrogen functional groups attached to an aromatic ring is 1. The van der Waals surface area contributed by atoms with Gasteiger partial charge in [-0.25, -0.2) is 0 Å². The van der Waals surface area contributed by atoms with Gasteiger partial charge in [-0.2, -0.15) is 37.3 Å². The van der Waals surface area contributed by atoms with Crippen molar-refractivity contribution < 1.29 is 139 Å². The molecule has 5 aromatic rings. The molecule has 0 aromatic heterocycles. The number of azo groups is 3. The maximum atomic E-state index is 13.5. The summed E-state index contributed by atoms with van der Waals surface area (Å²) in [5.41, 5.74) is 5.52. The molecule has 0 bridgehead atoms. The van der Waals surface area contributed by atoms with Crippen LogP contribution in [0.1, 0.15) is 0 Å². The van der Waals surface area contributed by atoms with Gasteiger partial charge in [-0.1, -0.05) is 36.1 Å². The minimum absolute atomic E-state index is 0. The average Bonchev–Trinajstić information content (AvgIpc) is 2.99. The summed E-state index contributed by atoms with van der Waals surface area (Å²) in [6.07, 6.45) is 0. The van der Waals surface area contributed by atoms with Gasteiger partial charge in [-0.05, 0) is 66.0 Å². The van der Waals surface area contributed by atoms with E-state index in [2.05, 4.69) is 30.7 Å². The van der Waals surface area contributed by atoms with Crippen molar-refractivity contribution in [2.75, 3.05) is 5.73 Å². The second kappa shape index (κ2) is 16.4. The van der Waals surface area contributed by atoms with Crippen LogP contribution in [0, 0.1) is 0 Å². The fourth-order valence-corrected chi connectivity index (χ4v) is 5.34. The average molecular weight is 724 g/mol. The van der Waals surface area contributed by atoms with E-state index in [-0.39, 0.29) is 125 Å². The molecular formula is C28H19K2N7O8S2. The molecule has 0 amide bonds. The van der Waals surface area contributed by atoms with Gasteiger partial charge in [0.05, 0.1) is 34.1 Å². The van der Waals surface area contributed by atoms with E-state index in [9.17, 15) is 36.2 Å². The summed E-state index contributed by atoms with van der Waals surface area (Å²) >= 11 is 0. The van der Waals surface area contributed by atoms with Crippen molar-refractivity contribution in [3.8, 4) is 11.5 Å². The van der Waals surface area contributed by atoms with Gasteiger partial charge in [0.25, 0.3) is 20.2 Å². The van der Waals surface area contributed by atoms with E-state index in [0.29, 0.717) is 11.4 Å². The fraction of sp³-hybridized carbons (Fsp3) is 0. The first-order chi connectivity index (χ1) is 21.3. The van der Waals surface area contributed by atoms with Crippen molar-refractivity contribution >= 4 is 70.8 Å². The number of anilines is 1. The van der Waals surface area contributed by atoms with Gasteiger partial charge in [-0.3, -0.25) is 9.11 Å². The minimum Gasteiger partial charge on any atom is -0.872 e. The molecule has 0 radical (unpaired) electrons. The molecule has 228 valence electrons. The van der Waals surface area contributed by atoms with Crippen LogP contribution < -0.4 is 119 Å². The standard InChI is InChI=1S/C28H21N7O8S2.2K/c29-25-24-16(15-23(45(41,42)43)27(28(24)37)35-32-17-4-2-1-3-5-17)14-22(44(38,39)40)26(25)34-33-19-8-6-18(7-9-19)30-31-20-10-12-21(36)13-11-20;;/h1-15,36-37H,29H2,(H,38,39,40)(H,41,42,43);;/q;2*+1/p-2. The summed E-state index contributed by atoms with van der Waals surface area (Å²) in [5, 5.41) is 47.4. The number of nitrogens with zero attached hydrogens (tertiary/aromatic N) is 6. The summed E-state index contributed by atoms with van der Waals surface area (Å²) in [6.45, 7) is 0. The zero-order valence-electron chi connectivity index (χ0n) is 24.6. The second-order valence-electron chi connectivity index (χ2n) is 9.18. The largest absolute Gasteiger partial charge is 1.00 e. The first-order valence-corrected chi connectivity index (χ1v) is 15.4. The number of hydrogen-bond acceptors (Lipinski definition) is 13. The number of benzene rings is 5. The summed E-state index contributed by atoms with van der Waals surface area (Å²) in [4.78, 5) is -1.85. The number of nitrogens with two attached hydrogens (primary N) is 1. The molecule has 19 heteroatoms. The molecule has 0 heterocycles. The van der Waals surface area contributed by atoms with Crippen LogP contribution in [-0.4, -0.2) is 25.9 Å². The van der Waals surface area contributed by atoms with Crippen LogP contribution in [0.5, 0.6) is 11.5 Å². The van der Waals surface area contributed by atoms with Gasteiger partial charge in [0.2, 0.25) is 0 Å². The first kappa shape index (κ1) is 39.1. The summed E-state index contributed by atoms with van der Waals surface area (Å²) in [7, 11) is -10.1. The molecule has 0 atom stereocenters. The smallest absolute Gasteiger partial charge is 0.872 e. The Labute approximate surface area is 353 Å². The normalized spacial score (nSPS) is 12.0. The van der Waals surface area contributed by atoms with Crippen LogP contribution in [0.3, 0.4) is 0 Å². The predicted molar refractivity (Wildman–Crippen MR) is 159 cm³/mol. The van der Waals surface area contributed by atoms with Gasteiger partial charge in [0.15, 0.2) is 0 Å².